The molecule has 2 aromatic heterocycles. The van der Waals surface area contributed by atoms with Gasteiger partial charge in [-0.3, -0.25) is 9.78 Å². The maximum absolute atomic E-state index is 12.6. The van der Waals surface area contributed by atoms with Gasteiger partial charge in [0.05, 0.1) is 21.8 Å². The van der Waals surface area contributed by atoms with Gasteiger partial charge in [-0.15, -0.1) is 0 Å². The van der Waals surface area contributed by atoms with E-state index >= 15 is 0 Å². The molecule has 9 heteroatoms. The molecule has 0 saturated carbocycles. The van der Waals surface area contributed by atoms with Gasteiger partial charge in [0.2, 0.25) is 0 Å². The van der Waals surface area contributed by atoms with Crippen molar-refractivity contribution in [1.82, 2.24) is 9.97 Å². The van der Waals surface area contributed by atoms with Crippen molar-refractivity contribution in [3.05, 3.63) is 71.0 Å². The van der Waals surface area contributed by atoms with Crippen molar-refractivity contribution in [2.45, 2.75) is 6.18 Å². The third-order valence-corrected chi connectivity index (χ3v) is 4.20. The summed E-state index contributed by atoms with van der Waals surface area (Å²) in [5.74, 6) is -0.507. The summed E-state index contributed by atoms with van der Waals surface area (Å²) in [5.41, 5.74) is 1.18. The summed E-state index contributed by atoms with van der Waals surface area (Å²) in [6.45, 7) is 0. The number of halogens is 4. The lowest BCUT2D eigenvalue weighted by Gasteiger charge is -2.12. The number of benzene rings is 1. The predicted octanol–water partition coefficient (Wildman–Crippen LogP) is 5.11. The monoisotopic (exact) mass is 406 g/mol. The van der Waals surface area contributed by atoms with Crippen molar-refractivity contribution in [3.8, 4) is 11.3 Å². The van der Waals surface area contributed by atoms with Crippen molar-refractivity contribution in [2.75, 3.05) is 17.7 Å². The summed E-state index contributed by atoms with van der Waals surface area (Å²) < 4.78 is 37.8. The number of pyridine rings is 2. The van der Waals surface area contributed by atoms with E-state index in [1.807, 2.05) is 0 Å². The molecule has 0 unspecified atom stereocenters. The fourth-order valence-corrected chi connectivity index (χ4v) is 2.74. The Hall–Kier alpha value is -3.13. The smallest absolute Gasteiger partial charge is 0.387 e. The van der Waals surface area contributed by atoms with Crippen molar-refractivity contribution < 1.29 is 18.0 Å². The molecule has 28 heavy (non-hydrogen) atoms. The van der Waals surface area contributed by atoms with E-state index in [9.17, 15) is 18.0 Å². The number of aromatic nitrogens is 2. The number of nitrogens with one attached hydrogen (secondary N) is 2. The summed E-state index contributed by atoms with van der Waals surface area (Å²) in [6, 6.07) is 10.3. The average molecular weight is 407 g/mol. The molecule has 0 saturated heterocycles. The third kappa shape index (κ3) is 4.23. The fraction of sp³-hybridized carbons (Fsp3) is 0.105. The minimum atomic E-state index is -4.49. The first-order valence-corrected chi connectivity index (χ1v) is 8.44. The number of nitrogens with zero attached hydrogens (tertiary/aromatic N) is 2. The van der Waals surface area contributed by atoms with Crippen molar-refractivity contribution in [2.24, 2.45) is 0 Å². The molecule has 1 amide bonds. The van der Waals surface area contributed by atoms with E-state index < -0.39 is 17.6 Å². The molecule has 0 bridgehead atoms. The van der Waals surface area contributed by atoms with Gasteiger partial charge in [-0.1, -0.05) is 17.7 Å². The molecule has 0 atom stereocenters. The summed E-state index contributed by atoms with van der Waals surface area (Å²) in [6.07, 6.45) is -2.21. The first-order chi connectivity index (χ1) is 13.3. The number of hydrogen-bond donors (Lipinski definition) is 2. The number of hydrogen-bond acceptors (Lipinski definition) is 4. The average Bonchev–Trinajstić information content (AvgIpc) is 2.67. The molecule has 0 spiro atoms. The van der Waals surface area contributed by atoms with Gasteiger partial charge in [0.1, 0.15) is 5.82 Å². The molecule has 144 valence electrons. The fourth-order valence-electron chi connectivity index (χ4n) is 2.51. The van der Waals surface area contributed by atoms with Gasteiger partial charge >= 0.3 is 6.18 Å². The molecule has 0 fully saturated rings. The number of alkyl halides is 3. The zero-order valence-corrected chi connectivity index (χ0v) is 15.3. The number of carbonyl (C=O) groups is 1. The SMILES string of the molecule is CNc1cc(-c2ncccc2Cl)ccc1C(=O)Nc1ccc(C(F)(F)F)cn1. The number of amides is 1. The highest BCUT2D eigenvalue weighted by molar-refractivity contribution is 6.33. The molecular weight excluding hydrogens is 393 g/mol. The molecular formula is C19H14ClF3N4O. The van der Waals surface area contributed by atoms with Gasteiger partial charge in [-0.05, 0) is 36.4 Å². The Morgan fingerprint density at radius 3 is 2.50 bits per heavy atom. The standard InChI is InChI=1S/C19H14ClF3N4O/c1-24-15-9-11(17-14(20)3-2-8-25-17)4-6-13(15)18(28)27-16-7-5-12(10-26-16)19(21,22)23/h2-10,24H,1H3,(H,26,27,28). The van der Waals surface area contributed by atoms with Crippen LogP contribution in [-0.2, 0) is 6.18 Å². The van der Waals surface area contributed by atoms with Crippen LogP contribution in [0.4, 0.5) is 24.7 Å². The minimum absolute atomic E-state index is 0.0110. The van der Waals surface area contributed by atoms with Gasteiger partial charge in [0.15, 0.2) is 0 Å². The Morgan fingerprint density at radius 1 is 1.11 bits per heavy atom. The highest BCUT2D eigenvalue weighted by atomic mass is 35.5. The van der Waals surface area contributed by atoms with E-state index in [-0.39, 0.29) is 5.82 Å². The van der Waals surface area contributed by atoms with Crippen LogP contribution in [-0.4, -0.2) is 22.9 Å². The molecule has 0 aliphatic heterocycles. The summed E-state index contributed by atoms with van der Waals surface area (Å²) in [7, 11) is 1.65. The number of anilines is 2. The van der Waals surface area contributed by atoms with Crippen LogP contribution >= 0.6 is 11.6 Å². The largest absolute Gasteiger partial charge is 0.417 e. The van der Waals surface area contributed by atoms with Crippen LogP contribution in [0.1, 0.15) is 15.9 Å². The van der Waals surface area contributed by atoms with Gasteiger partial charge < -0.3 is 10.6 Å². The number of rotatable bonds is 4. The second kappa shape index (κ2) is 7.85. The Kier molecular flexibility index (Phi) is 5.51. The first-order valence-electron chi connectivity index (χ1n) is 8.07. The Bertz CT molecular complexity index is 1010. The van der Waals surface area contributed by atoms with Gasteiger partial charge in [-0.25, -0.2) is 4.98 Å². The molecule has 0 aliphatic rings. The summed E-state index contributed by atoms with van der Waals surface area (Å²) in [5, 5.41) is 5.87. The van der Waals surface area contributed by atoms with Gasteiger partial charge in [0, 0.05) is 30.7 Å². The van der Waals surface area contributed by atoms with Crippen molar-refractivity contribution in [1.29, 1.82) is 0 Å². The lowest BCUT2D eigenvalue weighted by Crippen LogP contribution is -2.15. The van der Waals surface area contributed by atoms with Crippen LogP contribution in [0, 0.1) is 0 Å². The zero-order valence-electron chi connectivity index (χ0n) is 14.5. The lowest BCUT2D eigenvalue weighted by molar-refractivity contribution is -0.137. The minimum Gasteiger partial charge on any atom is -0.387 e. The van der Waals surface area contributed by atoms with E-state index in [0.717, 1.165) is 12.1 Å². The molecule has 3 aromatic rings. The maximum atomic E-state index is 12.6. The predicted molar refractivity (Wildman–Crippen MR) is 101 cm³/mol. The van der Waals surface area contributed by atoms with E-state index in [1.54, 1.807) is 43.6 Å². The number of carbonyl (C=O) groups excluding carboxylic acids is 1. The lowest BCUT2D eigenvalue weighted by atomic mass is 10.1. The van der Waals surface area contributed by atoms with E-state index in [1.165, 1.54) is 0 Å². The maximum Gasteiger partial charge on any atom is 0.417 e. The van der Waals surface area contributed by atoms with E-state index in [0.29, 0.717) is 33.7 Å². The Labute approximate surface area is 163 Å². The van der Waals surface area contributed by atoms with E-state index in [2.05, 4.69) is 20.6 Å². The highest BCUT2D eigenvalue weighted by Gasteiger charge is 2.30. The molecule has 2 N–H and O–H groups in total. The second-order valence-electron chi connectivity index (χ2n) is 5.73. The van der Waals surface area contributed by atoms with Gasteiger partial charge in [0.25, 0.3) is 5.91 Å². The quantitative estimate of drug-likeness (QED) is 0.632. The van der Waals surface area contributed by atoms with Crippen molar-refractivity contribution in [3.63, 3.8) is 0 Å². The first kappa shape index (κ1) is 19.6. The summed E-state index contributed by atoms with van der Waals surface area (Å²) >= 11 is 6.16. The summed E-state index contributed by atoms with van der Waals surface area (Å²) in [4.78, 5) is 20.4. The van der Waals surface area contributed by atoms with Crippen LogP contribution in [0.5, 0.6) is 0 Å². The van der Waals surface area contributed by atoms with Crippen LogP contribution in [0.25, 0.3) is 11.3 Å². The van der Waals surface area contributed by atoms with E-state index in [4.69, 9.17) is 11.6 Å². The molecule has 2 heterocycles. The van der Waals surface area contributed by atoms with Crippen LogP contribution in [0.2, 0.25) is 5.02 Å². The Balaban J connectivity index is 1.85. The highest BCUT2D eigenvalue weighted by Crippen LogP contribution is 2.30. The zero-order chi connectivity index (χ0) is 20.3. The topological polar surface area (TPSA) is 66.9 Å². The third-order valence-electron chi connectivity index (χ3n) is 3.90. The second-order valence-corrected chi connectivity index (χ2v) is 6.14. The van der Waals surface area contributed by atoms with Crippen molar-refractivity contribution >= 4 is 29.0 Å². The van der Waals surface area contributed by atoms with Crippen LogP contribution in [0.3, 0.4) is 0 Å². The molecule has 3 rings (SSSR count). The van der Waals surface area contributed by atoms with Crippen LogP contribution in [0.15, 0.2) is 54.9 Å². The molecule has 0 radical (unpaired) electrons. The normalized spacial score (nSPS) is 11.2. The van der Waals surface area contributed by atoms with Gasteiger partial charge in [-0.2, -0.15) is 13.2 Å². The molecule has 0 aliphatic carbocycles. The molecule has 1 aromatic carbocycles. The molecule has 5 nitrogen and oxygen atoms in total. The van der Waals surface area contributed by atoms with Crippen LogP contribution < -0.4 is 10.6 Å². The Morgan fingerprint density at radius 2 is 1.89 bits per heavy atom.